The first kappa shape index (κ1) is 13.4. The Hall–Kier alpha value is -2.62. The number of carbonyl (C=O) groups is 2. The molecule has 2 N–H and O–H groups in total. The third kappa shape index (κ3) is 1.83. The van der Waals surface area contributed by atoms with Crippen molar-refractivity contribution < 1.29 is 19.8 Å². The molecule has 0 aliphatic heterocycles. The standard InChI is InChI=1S/C17H14O4/c1-2-5-9-8-12(18)13-14(15(9)19)17(21)11-7-4-3-6-10(11)16(13)20/h2-4,6-7,9,20-21H,1,5,8H2. The molecule has 0 saturated heterocycles. The molecule has 0 radical (unpaired) electrons. The van der Waals surface area contributed by atoms with Crippen molar-refractivity contribution >= 4 is 22.3 Å². The van der Waals surface area contributed by atoms with E-state index in [1.165, 1.54) is 0 Å². The topological polar surface area (TPSA) is 74.6 Å². The molecule has 21 heavy (non-hydrogen) atoms. The summed E-state index contributed by atoms with van der Waals surface area (Å²) in [5.74, 6) is -1.62. The average Bonchev–Trinajstić information content (AvgIpc) is 2.48. The van der Waals surface area contributed by atoms with Crippen LogP contribution in [0.5, 0.6) is 11.5 Å². The highest BCUT2D eigenvalue weighted by Gasteiger charge is 2.37. The van der Waals surface area contributed by atoms with E-state index in [2.05, 4.69) is 6.58 Å². The number of hydrogen-bond donors (Lipinski definition) is 2. The number of hydrogen-bond acceptors (Lipinski definition) is 4. The second-order valence-electron chi connectivity index (χ2n) is 5.21. The minimum atomic E-state index is -0.519. The van der Waals surface area contributed by atoms with Gasteiger partial charge in [0.15, 0.2) is 11.6 Å². The lowest BCUT2D eigenvalue weighted by molar-refractivity contribution is 0.0820. The third-order valence-corrected chi connectivity index (χ3v) is 3.94. The SMILES string of the molecule is C=CCC1CC(=O)c2c(c(O)c3ccccc3c2O)C1=O. The number of phenols is 2. The Balaban J connectivity index is 2.36. The van der Waals surface area contributed by atoms with Crippen molar-refractivity contribution in [1.82, 2.24) is 0 Å². The van der Waals surface area contributed by atoms with E-state index < -0.39 is 5.92 Å². The molecule has 0 bridgehead atoms. The summed E-state index contributed by atoms with van der Waals surface area (Å²) in [4.78, 5) is 24.8. The van der Waals surface area contributed by atoms with Gasteiger partial charge in [-0.1, -0.05) is 30.3 Å². The Bertz CT molecular complexity index is 789. The van der Waals surface area contributed by atoms with Gasteiger partial charge >= 0.3 is 0 Å². The normalized spacial score (nSPS) is 17.8. The quantitative estimate of drug-likeness (QED) is 0.655. The number of fused-ring (bicyclic) bond motifs is 2. The smallest absolute Gasteiger partial charge is 0.171 e. The van der Waals surface area contributed by atoms with E-state index in [-0.39, 0.29) is 40.6 Å². The van der Waals surface area contributed by atoms with Gasteiger partial charge in [0.1, 0.15) is 11.5 Å². The number of carbonyl (C=O) groups excluding carboxylic acids is 2. The summed E-state index contributed by atoms with van der Waals surface area (Å²) in [6.07, 6.45) is 1.99. The predicted octanol–water partition coefficient (Wildman–Crippen LogP) is 3.21. The Morgan fingerprint density at radius 2 is 1.67 bits per heavy atom. The molecule has 1 unspecified atom stereocenters. The van der Waals surface area contributed by atoms with Crippen LogP contribution in [0.3, 0.4) is 0 Å². The molecule has 3 rings (SSSR count). The molecular weight excluding hydrogens is 268 g/mol. The van der Waals surface area contributed by atoms with Crippen molar-refractivity contribution in [2.75, 3.05) is 0 Å². The van der Waals surface area contributed by atoms with Gasteiger partial charge in [-0.15, -0.1) is 6.58 Å². The van der Waals surface area contributed by atoms with E-state index >= 15 is 0 Å². The maximum absolute atomic E-state index is 12.5. The van der Waals surface area contributed by atoms with Gasteiger partial charge in [0.2, 0.25) is 0 Å². The molecule has 1 atom stereocenters. The summed E-state index contributed by atoms with van der Waals surface area (Å²) in [6.45, 7) is 3.58. The lowest BCUT2D eigenvalue weighted by Crippen LogP contribution is -2.27. The van der Waals surface area contributed by atoms with Crippen LogP contribution in [0.15, 0.2) is 36.9 Å². The van der Waals surface area contributed by atoms with Crippen LogP contribution in [0.2, 0.25) is 0 Å². The van der Waals surface area contributed by atoms with Crippen molar-refractivity contribution in [1.29, 1.82) is 0 Å². The third-order valence-electron chi connectivity index (χ3n) is 3.94. The van der Waals surface area contributed by atoms with Gasteiger partial charge in [-0.3, -0.25) is 9.59 Å². The van der Waals surface area contributed by atoms with Gasteiger partial charge in [-0.2, -0.15) is 0 Å². The molecule has 0 aromatic heterocycles. The van der Waals surface area contributed by atoms with Gasteiger partial charge in [0.25, 0.3) is 0 Å². The fourth-order valence-corrected chi connectivity index (χ4v) is 2.93. The van der Waals surface area contributed by atoms with Gasteiger partial charge < -0.3 is 10.2 Å². The first-order chi connectivity index (χ1) is 10.1. The monoisotopic (exact) mass is 282 g/mol. The number of phenolic OH excluding ortho intramolecular Hbond substituents is 2. The van der Waals surface area contributed by atoms with Crippen LogP contribution in [0.1, 0.15) is 33.6 Å². The van der Waals surface area contributed by atoms with Gasteiger partial charge in [-0.05, 0) is 6.42 Å². The van der Waals surface area contributed by atoms with Crippen molar-refractivity contribution in [3.8, 4) is 11.5 Å². The lowest BCUT2D eigenvalue weighted by Gasteiger charge is -2.24. The molecule has 0 fully saturated rings. The minimum Gasteiger partial charge on any atom is -0.507 e. The van der Waals surface area contributed by atoms with Crippen LogP contribution >= 0.6 is 0 Å². The Morgan fingerprint density at radius 3 is 2.24 bits per heavy atom. The van der Waals surface area contributed by atoms with E-state index in [0.717, 1.165) is 0 Å². The van der Waals surface area contributed by atoms with Crippen LogP contribution in [-0.4, -0.2) is 21.8 Å². The first-order valence-electron chi connectivity index (χ1n) is 6.71. The van der Waals surface area contributed by atoms with E-state index in [1.54, 1.807) is 30.3 Å². The van der Waals surface area contributed by atoms with Gasteiger partial charge in [-0.25, -0.2) is 0 Å². The summed E-state index contributed by atoms with van der Waals surface area (Å²) in [5, 5.41) is 21.4. The molecule has 106 valence electrons. The lowest BCUT2D eigenvalue weighted by atomic mass is 9.78. The van der Waals surface area contributed by atoms with E-state index in [4.69, 9.17) is 0 Å². The average molecular weight is 282 g/mol. The van der Waals surface area contributed by atoms with E-state index in [9.17, 15) is 19.8 Å². The summed E-state index contributed by atoms with van der Waals surface area (Å²) >= 11 is 0. The second kappa shape index (κ2) is 4.74. The number of rotatable bonds is 2. The predicted molar refractivity (Wildman–Crippen MR) is 78.9 cm³/mol. The van der Waals surface area contributed by atoms with Crippen LogP contribution in [0, 0.1) is 5.92 Å². The number of aromatic hydroxyl groups is 2. The van der Waals surface area contributed by atoms with Crippen LogP contribution in [-0.2, 0) is 0 Å². The zero-order chi connectivity index (χ0) is 15.1. The summed E-state index contributed by atoms with van der Waals surface area (Å²) in [5.41, 5.74) is -0.120. The largest absolute Gasteiger partial charge is 0.507 e. The van der Waals surface area contributed by atoms with E-state index in [0.29, 0.717) is 17.2 Å². The molecule has 0 saturated carbocycles. The summed E-state index contributed by atoms with van der Waals surface area (Å²) in [7, 11) is 0. The molecule has 1 aliphatic carbocycles. The number of benzene rings is 2. The first-order valence-corrected chi connectivity index (χ1v) is 6.71. The fourth-order valence-electron chi connectivity index (χ4n) is 2.93. The molecule has 4 nitrogen and oxygen atoms in total. The highest BCUT2D eigenvalue weighted by atomic mass is 16.3. The van der Waals surface area contributed by atoms with Crippen molar-refractivity contribution in [2.45, 2.75) is 12.8 Å². The zero-order valence-electron chi connectivity index (χ0n) is 11.3. The molecule has 0 heterocycles. The molecule has 0 amide bonds. The maximum Gasteiger partial charge on any atom is 0.171 e. The summed E-state index contributed by atoms with van der Waals surface area (Å²) in [6, 6.07) is 6.62. The number of ketones is 2. The number of allylic oxidation sites excluding steroid dienone is 1. The van der Waals surface area contributed by atoms with Crippen molar-refractivity contribution in [2.24, 2.45) is 5.92 Å². The van der Waals surface area contributed by atoms with Crippen molar-refractivity contribution in [3.63, 3.8) is 0 Å². The fraction of sp³-hybridized carbons (Fsp3) is 0.176. The van der Waals surface area contributed by atoms with Crippen LogP contribution in [0.4, 0.5) is 0 Å². The van der Waals surface area contributed by atoms with Gasteiger partial charge in [0.05, 0.1) is 11.1 Å². The summed E-state index contributed by atoms with van der Waals surface area (Å²) < 4.78 is 0. The van der Waals surface area contributed by atoms with Gasteiger partial charge in [0, 0.05) is 23.1 Å². The Kier molecular flexibility index (Phi) is 3.01. The molecule has 0 spiro atoms. The highest BCUT2D eigenvalue weighted by Crippen LogP contribution is 2.44. The Labute approximate surface area is 121 Å². The molecule has 1 aliphatic rings. The van der Waals surface area contributed by atoms with Crippen molar-refractivity contribution in [3.05, 3.63) is 48.0 Å². The van der Waals surface area contributed by atoms with Crippen LogP contribution < -0.4 is 0 Å². The molecular formula is C17H14O4. The molecule has 4 heteroatoms. The van der Waals surface area contributed by atoms with Crippen LogP contribution in [0.25, 0.3) is 10.8 Å². The minimum absolute atomic E-state index is 0.0309. The Morgan fingerprint density at radius 1 is 1.10 bits per heavy atom. The number of Topliss-reactive ketones (excluding diaryl/α,β-unsaturated/α-hetero) is 2. The zero-order valence-corrected chi connectivity index (χ0v) is 11.3. The molecule has 2 aromatic carbocycles. The highest BCUT2D eigenvalue weighted by molar-refractivity contribution is 6.21. The maximum atomic E-state index is 12.5. The van der Waals surface area contributed by atoms with E-state index in [1.807, 2.05) is 0 Å². The molecule has 2 aromatic rings. The second-order valence-corrected chi connectivity index (χ2v) is 5.21.